The minimum Gasteiger partial charge on any atom is -0.490 e. The number of carbonyl (C=O) groups is 2. The average molecular weight is 361 g/mol. The van der Waals surface area contributed by atoms with Crippen molar-refractivity contribution in [2.24, 2.45) is 0 Å². The van der Waals surface area contributed by atoms with E-state index in [1.807, 2.05) is 6.92 Å². The molecule has 0 spiro atoms. The number of amides is 1. The van der Waals surface area contributed by atoms with Crippen LogP contribution >= 0.6 is 0 Å². The minimum atomic E-state index is -1.14. The lowest BCUT2D eigenvalue weighted by Gasteiger charge is -2.21. The van der Waals surface area contributed by atoms with Crippen LogP contribution in [-0.4, -0.2) is 41.6 Å². The van der Waals surface area contributed by atoms with E-state index in [0.29, 0.717) is 23.7 Å². The van der Waals surface area contributed by atoms with Crippen LogP contribution in [-0.2, 0) is 16.1 Å². The number of carboxylic acids is 1. The van der Waals surface area contributed by atoms with Crippen LogP contribution in [0.25, 0.3) is 0 Å². The number of para-hydroxylation sites is 2. The topological polar surface area (TPSA) is 76.1 Å². The third kappa shape index (κ3) is 5.77. The SMILES string of the molecule is CCOc1ccccc1OCC(=O)N(CC(=O)O)Cc1ccc(F)cc1. The molecule has 0 aliphatic rings. The van der Waals surface area contributed by atoms with Crippen LogP contribution < -0.4 is 9.47 Å². The van der Waals surface area contributed by atoms with Gasteiger partial charge in [0.05, 0.1) is 6.61 Å². The Balaban J connectivity index is 2.04. The Morgan fingerprint density at radius 2 is 1.65 bits per heavy atom. The second-order valence-electron chi connectivity index (χ2n) is 5.44. The molecule has 0 atom stereocenters. The van der Waals surface area contributed by atoms with Crippen molar-refractivity contribution >= 4 is 11.9 Å². The molecular formula is C19H20FNO5. The molecule has 2 aromatic carbocycles. The van der Waals surface area contributed by atoms with E-state index in [1.165, 1.54) is 24.3 Å². The van der Waals surface area contributed by atoms with Crippen molar-refractivity contribution in [3.63, 3.8) is 0 Å². The molecule has 0 fully saturated rings. The average Bonchev–Trinajstić information content (AvgIpc) is 2.62. The molecule has 0 aromatic heterocycles. The fourth-order valence-electron chi connectivity index (χ4n) is 2.28. The van der Waals surface area contributed by atoms with Gasteiger partial charge in [-0.1, -0.05) is 24.3 Å². The van der Waals surface area contributed by atoms with Crippen LogP contribution in [0.2, 0.25) is 0 Å². The summed E-state index contributed by atoms with van der Waals surface area (Å²) >= 11 is 0. The van der Waals surface area contributed by atoms with E-state index < -0.39 is 24.2 Å². The summed E-state index contributed by atoms with van der Waals surface area (Å²) in [6.45, 7) is 1.51. The van der Waals surface area contributed by atoms with E-state index in [0.717, 1.165) is 4.90 Å². The monoisotopic (exact) mass is 361 g/mol. The highest BCUT2D eigenvalue weighted by molar-refractivity contribution is 5.82. The number of carbonyl (C=O) groups excluding carboxylic acids is 1. The normalized spacial score (nSPS) is 10.2. The van der Waals surface area contributed by atoms with Crippen molar-refractivity contribution < 1.29 is 28.6 Å². The molecule has 0 bridgehead atoms. The smallest absolute Gasteiger partial charge is 0.323 e. The van der Waals surface area contributed by atoms with Gasteiger partial charge in [0.25, 0.3) is 5.91 Å². The van der Waals surface area contributed by atoms with Crippen molar-refractivity contribution in [1.29, 1.82) is 0 Å². The summed E-state index contributed by atoms with van der Waals surface area (Å²) in [7, 11) is 0. The van der Waals surface area contributed by atoms with E-state index >= 15 is 0 Å². The predicted octanol–water partition coefficient (Wildman–Crippen LogP) is 2.72. The molecule has 0 aliphatic carbocycles. The van der Waals surface area contributed by atoms with Gasteiger partial charge in [-0.2, -0.15) is 0 Å². The fourth-order valence-corrected chi connectivity index (χ4v) is 2.28. The number of carboxylic acid groups (broad SMARTS) is 1. The van der Waals surface area contributed by atoms with Gasteiger partial charge in [0.2, 0.25) is 0 Å². The number of hydrogen-bond acceptors (Lipinski definition) is 4. The molecule has 0 heterocycles. The van der Waals surface area contributed by atoms with Gasteiger partial charge in [-0.05, 0) is 36.8 Å². The minimum absolute atomic E-state index is 0.0435. The van der Waals surface area contributed by atoms with E-state index in [4.69, 9.17) is 14.6 Å². The maximum Gasteiger partial charge on any atom is 0.323 e. The number of aliphatic carboxylic acids is 1. The van der Waals surface area contributed by atoms with Crippen molar-refractivity contribution in [2.45, 2.75) is 13.5 Å². The summed E-state index contributed by atoms with van der Waals surface area (Å²) in [4.78, 5) is 24.6. The molecule has 2 rings (SSSR count). The Morgan fingerprint density at radius 1 is 1.04 bits per heavy atom. The molecular weight excluding hydrogens is 341 g/mol. The van der Waals surface area contributed by atoms with Crippen LogP contribution in [0.3, 0.4) is 0 Å². The van der Waals surface area contributed by atoms with E-state index in [9.17, 15) is 14.0 Å². The second kappa shape index (κ2) is 9.41. The first-order valence-electron chi connectivity index (χ1n) is 8.08. The van der Waals surface area contributed by atoms with Crippen molar-refractivity contribution in [3.05, 3.63) is 59.9 Å². The van der Waals surface area contributed by atoms with Gasteiger partial charge in [0.1, 0.15) is 12.4 Å². The molecule has 1 N–H and O–H groups in total. The lowest BCUT2D eigenvalue weighted by molar-refractivity contribution is -0.145. The van der Waals surface area contributed by atoms with Crippen molar-refractivity contribution in [1.82, 2.24) is 4.90 Å². The molecule has 1 amide bonds. The molecule has 0 saturated heterocycles. The van der Waals surface area contributed by atoms with Gasteiger partial charge < -0.3 is 19.5 Å². The van der Waals surface area contributed by atoms with Gasteiger partial charge in [0.15, 0.2) is 18.1 Å². The predicted molar refractivity (Wildman–Crippen MR) is 92.6 cm³/mol. The summed E-state index contributed by atoms with van der Waals surface area (Å²) in [5, 5.41) is 9.04. The standard InChI is InChI=1S/C19H20FNO5/c1-2-25-16-5-3-4-6-17(16)26-13-18(22)21(12-19(23)24)11-14-7-9-15(20)10-8-14/h3-10H,2,11-13H2,1H3,(H,23,24). The summed E-state index contributed by atoms with van der Waals surface area (Å²) in [6, 6.07) is 12.4. The summed E-state index contributed by atoms with van der Waals surface area (Å²) in [5.41, 5.74) is 0.621. The van der Waals surface area contributed by atoms with Crippen LogP contribution in [0.4, 0.5) is 4.39 Å². The number of benzene rings is 2. The van der Waals surface area contributed by atoms with Crippen molar-refractivity contribution in [2.75, 3.05) is 19.8 Å². The Morgan fingerprint density at radius 3 is 2.23 bits per heavy atom. The highest BCUT2D eigenvalue weighted by Gasteiger charge is 2.18. The molecule has 0 radical (unpaired) electrons. The number of hydrogen-bond donors (Lipinski definition) is 1. The Labute approximate surface area is 150 Å². The number of halogens is 1. The number of rotatable bonds is 9. The Hall–Kier alpha value is -3.09. The van der Waals surface area contributed by atoms with Crippen LogP contribution in [0.1, 0.15) is 12.5 Å². The fraction of sp³-hybridized carbons (Fsp3) is 0.263. The zero-order chi connectivity index (χ0) is 18.9. The molecule has 6 nitrogen and oxygen atoms in total. The number of ether oxygens (including phenoxy) is 2. The second-order valence-corrected chi connectivity index (χ2v) is 5.44. The van der Waals surface area contributed by atoms with E-state index in [2.05, 4.69) is 0 Å². The van der Waals surface area contributed by atoms with Crippen LogP contribution in [0.15, 0.2) is 48.5 Å². The zero-order valence-electron chi connectivity index (χ0n) is 14.4. The quantitative estimate of drug-likeness (QED) is 0.743. The van der Waals surface area contributed by atoms with Gasteiger partial charge in [-0.25, -0.2) is 4.39 Å². The largest absolute Gasteiger partial charge is 0.490 e. The zero-order valence-corrected chi connectivity index (χ0v) is 14.4. The molecule has 0 unspecified atom stereocenters. The van der Waals surface area contributed by atoms with Crippen LogP contribution in [0.5, 0.6) is 11.5 Å². The molecule has 138 valence electrons. The van der Waals surface area contributed by atoms with Gasteiger partial charge in [-0.3, -0.25) is 9.59 Å². The molecule has 2 aromatic rings. The highest BCUT2D eigenvalue weighted by Crippen LogP contribution is 2.26. The first-order chi connectivity index (χ1) is 12.5. The first kappa shape index (κ1) is 19.2. The maximum atomic E-state index is 13.0. The Kier molecular flexibility index (Phi) is 6.96. The number of nitrogens with zero attached hydrogens (tertiary/aromatic N) is 1. The molecule has 0 aliphatic heterocycles. The molecule has 26 heavy (non-hydrogen) atoms. The highest BCUT2D eigenvalue weighted by atomic mass is 19.1. The summed E-state index contributed by atoms with van der Waals surface area (Å²) in [6.07, 6.45) is 0. The van der Waals surface area contributed by atoms with E-state index in [-0.39, 0.29) is 13.2 Å². The van der Waals surface area contributed by atoms with E-state index in [1.54, 1.807) is 24.3 Å². The van der Waals surface area contributed by atoms with Gasteiger partial charge in [0, 0.05) is 6.54 Å². The third-order valence-electron chi connectivity index (χ3n) is 3.47. The van der Waals surface area contributed by atoms with Crippen LogP contribution in [0, 0.1) is 5.82 Å². The molecule has 7 heteroatoms. The first-order valence-corrected chi connectivity index (χ1v) is 8.08. The van der Waals surface area contributed by atoms with Crippen molar-refractivity contribution in [3.8, 4) is 11.5 Å². The molecule has 0 saturated carbocycles. The summed E-state index contributed by atoms with van der Waals surface area (Å²) in [5.74, 6) is -1.13. The maximum absolute atomic E-state index is 13.0. The lowest BCUT2D eigenvalue weighted by atomic mass is 10.2. The third-order valence-corrected chi connectivity index (χ3v) is 3.47. The Bertz CT molecular complexity index is 748. The summed E-state index contributed by atoms with van der Waals surface area (Å²) < 4.78 is 23.9. The van der Waals surface area contributed by atoms with Gasteiger partial charge in [-0.15, -0.1) is 0 Å². The van der Waals surface area contributed by atoms with Gasteiger partial charge >= 0.3 is 5.97 Å². The lowest BCUT2D eigenvalue weighted by Crippen LogP contribution is -2.38.